The Morgan fingerprint density at radius 3 is 2.19 bits per heavy atom. The minimum absolute atomic E-state index is 0.0309. The molecule has 5 heteroatoms. The highest BCUT2D eigenvalue weighted by atomic mass is 16.4. The molecule has 5 nitrogen and oxygen atoms in total. The summed E-state index contributed by atoms with van der Waals surface area (Å²) in [7, 11) is 0. The average molecular weight is 376 g/mol. The van der Waals surface area contributed by atoms with Crippen LogP contribution in [0.25, 0.3) is 0 Å². The lowest BCUT2D eigenvalue weighted by molar-refractivity contribution is -0.0656. The van der Waals surface area contributed by atoms with Gasteiger partial charge in [0.1, 0.15) is 5.75 Å². The van der Waals surface area contributed by atoms with Gasteiger partial charge in [-0.2, -0.15) is 0 Å². The fraction of sp³-hybridized carbons (Fsp3) is 0.500. The largest absolute Gasteiger partial charge is 0.507 e. The Kier molecular flexibility index (Phi) is 8.25. The summed E-state index contributed by atoms with van der Waals surface area (Å²) >= 11 is 0. The minimum Gasteiger partial charge on any atom is -0.507 e. The quantitative estimate of drug-likeness (QED) is 0.488. The number of hydrogen-bond donors (Lipinski definition) is 4. The van der Waals surface area contributed by atoms with Gasteiger partial charge < -0.3 is 20.4 Å². The number of aromatic carboxylic acids is 1. The van der Waals surface area contributed by atoms with Gasteiger partial charge in [-0.25, -0.2) is 4.79 Å². The van der Waals surface area contributed by atoms with E-state index >= 15 is 0 Å². The van der Waals surface area contributed by atoms with Crippen LogP contribution in [0, 0.1) is 0 Å². The third-order valence-corrected chi connectivity index (χ3v) is 4.58. The van der Waals surface area contributed by atoms with Crippen molar-refractivity contribution in [2.24, 2.45) is 0 Å². The molecule has 0 radical (unpaired) electrons. The first kappa shape index (κ1) is 22.9. The summed E-state index contributed by atoms with van der Waals surface area (Å²) in [6.45, 7) is 9.33. The Morgan fingerprint density at radius 2 is 1.67 bits per heavy atom. The molecule has 0 aromatic heterocycles. The fourth-order valence-electron chi connectivity index (χ4n) is 2.76. The molecule has 0 saturated heterocycles. The van der Waals surface area contributed by atoms with Gasteiger partial charge in [-0.3, -0.25) is 0 Å². The highest BCUT2D eigenvalue weighted by Crippen LogP contribution is 2.30. The van der Waals surface area contributed by atoms with E-state index in [1.54, 1.807) is 6.92 Å². The molecule has 27 heavy (non-hydrogen) atoms. The lowest BCUT2D eigenvalue weighted by Crippen LogP contribution is -2.40. The van der Waals surface area contributed by atoms with Crippen molar-refractivity contribution in [1.29, 1.82) is 0 Å². The molecule has 1 aromatic rings. The zero-order valence-electron chi connectivity index (χ0n) is 16.9. The van der Waals surface area contributed by atoms with Crippen LogP contribution in [0.4, 0.5) is 0 Å². The molecule has 4 N–H and O–H groups in total. The van der Waals surface area contributed by atoms with E-state index in [2.05, 4.69) is 0 Å². The lowest BCUT2D eigenvalue weighted by atomic mass is 9.87. The van der Waals surface area contributed by atoms with Gasteiger partial charge >= 0.3 is 5.97 Å². The van der Waals surface area contributed by atoms with Crippen LogP contribution in [0.2, 0.25) is 0 Å². The molecule has 0 aliphatic rings. The van der Waals surface area contributed by atoms with Crippen molar-refractivity contribution in [3.63, 3.8) is 0 Å². The number of aliphatic hydroxyl groups excluding tert-OH is 1. The number of carboxylic acids is 1. The van der Waals surface area contributed by atoms with Gasteiger partial charge in [0.25, 0.3) is 0 Å². The lowest BCUT2D eigenvalue weighted by Gasteiger charge is -2.29. The SMILES string of the molecule is CC(C)=CCC[C@](C)(O)[C@@H](O)Cc1cc(C(=O)O)cc(CC=C(C)C)c1O. The highest BCUT2D eigenvalue weighted by molar-refractivity contribution is 5.88. The number of hydrogen-bond acceptors (Lipinski definition) is 4. The van der Waals surface area contributed by atoms with Gasteiger partial charge in [-0.05, 0) is 77.1 Å². The Morgan fingerprint density at radius 1 is 1.11 bits per heavy atom. The van der Waals surface area contributed by atoms with Gasteiger partial charge in [0.15, 0.2) is 0 Å². The average Bonchev–Trinajstić information content (AvgIpc) is 2.54. The summed E-state index contributed by atoms with van der Waals surface area (Å²) in [6, 6.07) is 2.80. The first-order valence-corrected chi connectivity index (χ1v) is 9.19. The van der Waals surface area contributed by atoms with Crippen LogP contribution >= 0.6 is 0 Å². The second-order valence-corrected chi connectivity index (χ2v) is 7.83. The first-order chi connectivity index (χ1) is 12.4. The number of phenolic OH excluding ortho intramolecular Hbond substituents is 1. The third-order valence-electron chi connectivity index (χ3n) is 4.58. The molecule has 0 amide bonds. The van der Waals surface area contributed by atoms with Crippen LogP contribution < -0.4 is 0 Å². The van der Waals surface area contributed by atoms with Crippen LogP contribution in [0.15, 0.2) is 35.4 Å². The molecule has 1 aromatic carbocycles. The minimum atomic E-state index is -1.35. The van der Waals surface area contributed by atoms with Crippen molar-refractivity contribution >= 4 is 5.97 Å². The molecule has 2 atom stereocenters. The van der Waals surface area contributed by atoms with E-state index in [4.69, 9.17) is 0 Å². The molecular formula is C22H32O5. The molecular weight excluding hydrogens is 344 g/mol. The normalized spacial score (nSPS) is 14.2. The molecule has 150 valence electrons. The van der Waals surface area contributed by atoms with Crippen LogP contribution in [0.5, 0.6) is 5.75 Å². The molecule has 1 rings (SSSR count). The fourth-order valence-corrected chi connectivity index (χ4v) is 2.76. The van der Waals surface area contributed by atoms with Crippen molar-refractivity contribution in [3.8, 4) is 5.75 Å². The number of aromatic hydroxyl groups is 1. The molecule has 0 saturated carbocycles. The summed E-state index contributed by atoms with van der Waals surface area (Å²) in [6.07, 6.45) is 4.11. The standard InChI is InChI=1S/C22H32O5/c1-14(2)7-6-10-22(5,27)19(23)13-17-12-18(21(25)26)11-16(20(17)24)9-8-15(3)4/h7-8,11-12,19,23-24,27H,6,9-10,13H2,1-5H3,(H,25,26)/t19-,22-/m0/s1. The molecule has 0 aliphatic carbocycles. The summed E-state index contributed by atoms with van der Waals surface area (Å²) < 4.78 is 0. The van der Waals surface area contributed by atoms with Crippen molar-refractivity contribution in [3.05, 3.63) is 52.1 Å². The maximum atomic E-state index is 11.4. The zero-order chi connectivity index (χ0) is 20.8. The van der Waals surface area contributed by atoms with Crippen molar-refractivity contribution < 1.29 is 25.2 Å². The summed E-state index contributed by atoms with van der Waals surface area (Å²) in [5, 5.41) is 41.0. The summed E-state index contributed by atoms with van der Waals surface area (Å²) in [4.78, 5) is 11.4. The predicted molar refractivity (Wildman–Crippen MR) is 107 cm³/mol. The number of benzene rings is 1. The molecule has 0 bridgehead atoms. The summed E-state index contributed by atoms with van der Waals surface area (Å²) in [5.41, 5.74) is 1.70. The Labute approximate surface area is 161 Å². The topological polar surface area (TPSA) is 98.0 Å². The number of aliphatic hydroxyl groups is 2. The van der Waals surface area contributed by atoms with Crippen LogP contribution in [0.3, 0.4) is 0 Å². The Hall–Kier alpha value is -2.11. The van der Waals surface area contributed by atoms with Gasteiger partial charge in [0.2, 0.25) is 0 Å². The molecule has 0 aliphatic heterocycles. The van der Waals surface area contributed by atoms with Crippen LogP contribution in [0.1, 0.15) is 68.9 Å². The Bertz CT molecular complexity index is 720. The maximum Gasteiger partial charge on any atom is 0.335 e. The van der Waals surface area contributed by atoms with Crippen molar-refractivity contribution in [1.82, 2.24) is 0 Å². The van der Waals surface area contributed by atoms with E-state index in [0.717, 1.165) is 11.1 Å². The molecule has 0 heterocycles. The first-order valence-electron chi connectivity index (χ1n) is 9.19. The second kappa shape index (κ2) is 9.72. The molecule has 0 spiro atoms. The van der Waals surface area contributed by atoms with E-state index < -0.39 is 17.7 Å². The van der Waals surface area contributed by atoms with Gasteiger partial charge in [-0.1, -0.05) is 23.3 Å². The van der Waals surface area contributed by atoms with E-state index in [0.29, 0.717) is 30.4 Å². The van der Waals surface area contributed by atoms with Gasteiger partial charge in [0, 0.05) is 6.42 Å². The van der Waals surface area contributed by atoms with Crippen molar-refractivity contribution in [2.75, 3.05) is 0 Å². The second-order valence-electron chi connectivity index (χ2n) is 7.83. The Balaban J connectivity index is 3.11. The van der Waals surface area contributed by atoms with E-state index in [1.165, 1.54) is 12.1 Å². The molecule has 0 unspecified atom stereocenters. The van der Waals surface area contributed by atoms with E-state index in [1.807, 2.05) is 39.8 Å². The number of allylic oxidation sites excluding steroid dienone is 4. The van der Waals surface area contributed by atoms with Crippen LogP contribution in [-0.4, -0.2) is 38.1 Å². The summed E-state index contributed by atoms with van der Waals surface area (Å²) in [5.74, 6) is -1.13. The smallest absolute Gasteiger partial charge is 0.335 e. The van der Waals surface area contributed by atoms with Gasteiger partial charge in [-0.15, -0.1) is 0 Å². The van der Waals surface area contributed by atoms with Gasteiger partial charge in [0.05, 0.1) is 17.3 Å². The number of carboxylic acid groups (broad SMARTS) is 1. The number of rotatable bonds is 9. The number of phenols is 1. The predicted octanol–water partition coefficient (Wildman–Crippen LogP) is 4.00. The highest BCUT2D eigenvalue weighted by Gasteiger charge is 2.30. The van der Waals surface area contributed by atoms with E-state index in [9.17, 15) is 25.2 Å². The monoisotopic (exact) mass is 376 g/mol. The third kappa shape index (κ3) is 7.19. The molecule has 0 fully saturated rings. The van der Waals surface area contributed by atoms with Crippen LogP contribution in [-0.2, 0) is 12.8 Å². The number of carbonyl (C=O) groups is 1. The zero-order valence-corrected chi connectivity index (χ0v) is 16.9. The maximum absolute atomic E-state index is 11.4. The van der Waals surface area contributed by atoms with Crippen molar-refractivity contribution in [2.45, 2.75) is 72.0 Å². The van der Waals surface area contributed by atoms with E-state index in [-0.39, 0.29) is 17.7 Å².